The van der Waals surface area contributed by atoms with Crippen LogP contribution in [0.25, 0.3) is 0 Å². The molecule has 10 heteroatoms. The molecule has 2 amide bonds. The van der Waals surface area contributed by atoms with Crippen molar-refractivity contribution in [1.82, 2.24) is 5.43 Å². The third-order valence-corrected chi connectivity index (χ3v) is 3.29. The van der Waals surface area contributed by atoms with E-state index < -0.39 is 17.8 Å². The fourth-order valence-corrected chi connectivity index (χ4v) is 2.03. The van der Waals surface area contributed by atoms with E-state index in [2.05, 4.69) is 9.84 Å². The number of hydrazone groups is 1. The molecule has 148 valence electrons. The minimum Gasteiger partial charge on any atom is -0.490 e. The molecule has 0 spiro atoms. The first kappa shape index (κ1) is 20.5. The number of rotatable bonds is 8. The smallest absolute Gasteiger partial charge is 0.373 e. The van der Waals surface area contributed by atoms with Gasteiger partial charge in [-0.1, -0.05) is 0 Å². The molecule has 0 saturated heterocycles. The summed E-state index contributed by atoms with van der Waals surface area (Å²) in [5.41, 5.74) is 7.39. The van der Waals surface area contributed by atoms with E-state index in [0.29, 0.717) is 29.4 Å². The van der Waals surface area contributed by atoms with Crippen LogP contribution >= 0.6 is 0 Å². The van der Waals surface area contributed by atoms with Gasteiger partial charge in [0.1, 0.15) is 12.4 Å². The quantitative estimate of drug-likeness (QED) is 0.296. The van der Waals surface area contributed by atoms with E-state index in [1.165, 1.54) is 19.4 Å². The highest BCUT2D eigenvalue weighted by atomic mass is 16.5. The van der Waals surface area contributed by atoms with Gasteiger partial charge in [-0.15, -0.1) is 0 Å². The number of furan rings is 1. The Morgan fingerprint density at radius 2 is 1.96 bits per heavy atom. The van der Waals surface area contributed by atoms with E-state index in [4.69, 9.17) is 19.6 Å². The molecular weight excluding hydrogens is 370 g/mol. The van der Waals surface area contributed by atoms with Gasteiger partial charge in [0.05, 0.1) is 19.9 Å². The molecule has 0 fully saturated rings. The molecule has 0 aliphatic carbocycles. The van der Waals surface area contributed by atoms with Gasteiger partial charge in [0.2, 0.25) is 5.76 Å². The minimum absolute atomic E-state index is 0.0686. The number of amides is 2. The van der Waals surface area contributed by atoms with Crippen LogP contribution in [0.1, 0.15) is 28.8 Å². The lowest BCUT2D eigenvalue weighted by atomic mass is 10.2. The van der Waals surface area contributed by atoms with Crippen LogP contribution in [0, 0.1) is 0 Å². The zero-order valence-electron chi connectivity index (χ0n) is 15.3. The Bertz CT molecular complexity index is 889. The zero-order valence-corrected chi connectivity index (χ0v) is 15.3. The highest BCUT2D eigenvalue weighted by molar-refractivity contribution is 6.34. The summed E-state index contributed by atoms with van der Waals surface area (Å²) in [5, 5.41) is 3.63. The van der Waals surface area contributed by atoms with Crippen molar-refractivity contribution in [2.75, 3.05) is 13.7 Å². The van der Waals surface area contributed by atoms with Crippen molar-refractivity contribution in [2.45, 2.75) is 13.5 Å². The predicted molar refractivity (Wildman–Crippen MR) is 96.9 cm³/mol. The summed E-state index contributed by atoms with van der Waals surface area (Å²) in [6.07, 6.45) is 1.32. The van der Waals surface area contributed by atoms with Crippen molar-refractivity contribution in [3.63, 3.8) is 0 Å². The lowest BCUT2D eigenvalue weighted by Crippen LogP contribution is -2.32. The fourth-order valence-electron chi connectivity index (χ4n) is 2.03. The van der Waals surface area contributed by atoms with Crippen molar-refractivity contribution in [1.29, 1.82) is 0 Å². The van der Waals surface area contributed by atoms with Crippen molar-refractivity contribution in [3.05, 3.63) is 47.4 Å². The van der Waals surface area contributed by atoms with E-state index in [1.807, 2.05) is 12.3 Å². The minimum atomic E-state index is -1.14. The van der Waals surface area contributed by atoms with Crippen molar-refractivity contribution in [3.8, 4) is 11.5 Å². The number of nitrogens with two attached hydrogens (primary N) is 1. The molecule has 3 N–H and O–H groups in total. The highest BCUT2D eigenvalue weighted by Crippen LogP contribution is 2.29. The number of esters is 1. The average molecular weight is 389 g/mol. The number of hydrogen-bond donors (Lipinski definition) is 2. The maximum absolute atomic E-state index is 11.4. The van der Waals surface area contributed by atoms with Crippen molar-refractivity contribution < 1.29 is 33.0 Å². The Kier molecular flexibility index (Phi) is 7.14. The molecule has 1 aromatic carbocycles. The van der Waals surface area contributed by atoms with Gasteiger partial charge < -0.3 is 24.4 Å². The maximum atomic E-state index is 11.4. The van der Waals surface area contributed by atoms with E-state index in [0.717, 1.165) is 0 Å². The molecule has 2 rings (SSSR count). The van der Waals surface area contributed by atoms with E-state index in [9.17, 15) is 14.4 Å². The number of benzene rings is 1. The summed E-state index contributed by atoms with van der Waals surface area (Å²) in [6, 6.07) is 8.05. The molecule has 0 bridgehead atoms. The SMILES string of the molecule is CCOc1cc(/C=N/NC(=O)C(N)=O)ccc1OCc1ccc(C(=O)OC)o1. The van der Waals surface area contributed by atoms with Crippen LogP contribution in [0.3, 0.4) is 0 Å². The molecule has 0 unspecified atom stereocenters. The number of ether oxygens (including phenoxy) is 3. The molecule has 0 aliphatic rings. The molecule has 0 aliphatic heterocycles. The van der Waals surface area contributed by atoms with Gasteiger partial charge in [0.25, 0.3) is 0 Å². The van der Waals surface area contributed by atoms with Gasteiger partial charge in [-0.05, 0) is 42.8 Å². The Labute approximate surface area is 160 Å². The van der Waals surface area contributed by atoms with Crippen LogP contribution in [0.5, 0.6) is 11.5 Å². The number of methoxy groups -OCH3 is 1. The average Bonchev–Trinajstić information content (AvgIpc) is 3.16. The molecule has 1 aromatic heterocycles. The summed E-state index contributed by atoms with van der Waals surface area (Å²) in [4.78, 5) is 33.1. The molecule has 0 saturated carbocycles. The van der Waals surface area contributed by atoms with Crippen LogP contribution < -0.4 is 20.6 Å². The highest BCUT2D eigenvalue weighted by Gasteiger charge is 2.13. The Hall–Kier alpha value is -3.82. The van der Waals surface area contributed by atoms with Gasteiger partial charge in [-0.2, -0.15) is 5.10 Å². The third kappa shape index (κ3) is 5.59. The van der Waals surface area contributed by atoms with Crippen LogP contribution in [-0.4, -0.2) is 37.7 Å². The Morgan fingerprint density at radius 1 is 1.18 bits per heavy atom. The van der Waals surface area contributed by atoms with Gasteiger partial charge in [0.15, 0.2) is 11.5 Å². The van der Waals surface area contributed by atoms with Gasteiger partial charge in [-0.3, -0.25) is 9.59 Å². The number of carbonyl (C=O) groups excluding carboxylic acids is 3. The van der Waals surface area contributed by atoms with Gasteiger partial charge in [-0.25, -0.2) is 10.2 Å². The molecule has 0 atom stereocenters. The second-order valence-electron chi connectivity index (χ2n) is 5.25. The first-order valence-electron chi connectivity index (χ1n) is 8.14. The van der Waals surface area contributed by atoms with E-state index in [1.54, 1.807) is 24.3 Å². The number of primary amides is 1. The molecule has 1 heterocycles. The lowest BCUT2D eigenvalue weighted by Gasteiger charge is -2.11. The number of nitrogens with one attached hydrogen (secondary N) is 1. The predicted octanol–water partition coefficient (Wildman–Crippen LogP) is 0.979. The maximum Gasteiger partial charge on any atom is 0.373 e. The summed E-state index contributed by atoms with van der Waals surface area (Å²) in [5.74, 6) is -1.34. The monoisotopic (exact) mass is 389 g/mol. The lowest BCUT2D eigenvalue weighted by molar-refractivity contribution is -0.137. The van der Waals surface area contributed by atoms with Gasteiger partial charge >= 0.3 is 17.8 Å². The first-order chi connectivity index (χ1) is 13.4. The number of nitrogens with zero attached hydrogens (tertiary/aromatic N) is 1. The molecule has 10 nitrogen and oxygen atoms in total. The largest absolute Gasteiger partial charge is 0.490 e. The van der Waals surface area contributed by atoms with Crippen LogP contribution in [0.4, 0.5) is 0 Å². The molecular formula is C18H19N3O7. The molecule has 28 heavy (non-hydrogen) atoms. The summed E-state index contributed by atoms with van der Waals surface area (Å²) in [6.45, 7) is 2.27. The van der Waals surface area contributed by atoms with Crippen LogP contribution in [0.15, 0.2) is 39.9 Å². The molecule has 2 aromatic rings. The van der Waals surface area contributed by atoms with Crippen molar-refractivity contribution >= 4 is 24.0 Å². The second kappa shape index (κ2) is 9.76. The topological polar surface area (TPSA) is 142 Å². The third-order valence-electron chi connectivity index (χ3n) is 3.29. The number of hydrogen-bond acceptors (Lipinski definition) is 8. The normalized spacial score (nSPS) is 10.5. The summed E-state index contributed by atoms with van der Waals surface area (Å²) >= 11 is 0. The van der Waals surface area contributed by atoms with Gasteiger partial charge in [0, 0.05) is 0 Å². The van der Waals surface area contributed by atoms with E-state index in [-0.39, 0.29) is 12.4 Å². The molecule has 0 radical (unpaired) electrons. The number of carbonyl (C=O) groups is 3. The standard InChI is InChI=1S/C18H19N3O7/c1-3-26-15-8-11(9-20-21-17(23)16(19)22)4-6-13(15)27-10-12-5-7-14(28-12)18(24)25-2/h4-9H,3,10H2,1-2H3,(H2,19,22)(H,21,23)/b20-9+. The van der Waals surface area contributed by atoms with E-state index >= 15 is 0 Å². The Morgan fingerprint density at radius 3 is 2.64 bits per heavy atom. The second-order valence-corrected chi connectivity index (χ2v) is 5.25. The first-order valence-corrected chi connectivity index (χ1v) is 8.14. The fraction of sp³-hybridized carbons (Fsp3) is 0.222. The Balaban J connectivity index is 2.06. The summed E-state index contributed by atoms with van der Waals surface area (Å²) in [7, 11) is 1.26. The zero-order chi connectivity index (χ0) is 20.5. The van der Waals surface area contributed by atoms with Crippen LogP contribution in [-0.2, 0) is 20.9 Å². The van der Waals surface area contributed by atoms with Crippen LogP contribution in [0.2, 0.25) is 0 Å². The summed E-state index contributed by atoms with van der Waals surface area (Å²) < 4.78 is 21.1. The van der Waals surface area contributed by atoms with Crippen molar-refractivity contribution in [2.24, 2.45) is 10.8 Å².